The van der Waals surface area contributed by atoms with Gasteiger partial charge >= 0.3 is 0 Å². The van der Waals surface area contributed by atoms with E-state index in [1.807, 2.05) is 6.92 Å². The van der Waals surface area contributed by atoms with Gasteiger partial charge in [-0.15, -0.1) is 0 Å². The molecule has 0 aromatic carbocycles. The lowest BCUT2D eigenvalue weighted by molar-refractivity contribution is 0.120. The van der Waals surface area contributed by atoms with Crippen LogP contribution in [0.1, 0.15) is 31.9 Å². The van der Waals surface area contributed by atoms with E-state index in [-0.39, 0.29) is 0 Å². The van der Waals surface area contributed by atoms with Gasteiger partial charge in [0.15, 0.2) is 0 Å². The largest absolute Gasteiger partial charge is 0.376 e. The highest BCUT2D eigenvalue weighted by molar-refractivity contribution is 5.28. The highest BCUT2D eigenvalue weighted by Gasteiger charge is 2.15. The Hall–Kier alpha value is -1.03. The smallest absolute Gasteiger partial charge is 0.203 e. The van der Waals surface area contributed by atoms with Gasteiger partial charge in [0.25, 0.3) is 0 Å². The summed E-state index contributed by atoms with van der Waals surface area (Å²) >= 11 is 0. The molecule has 2 rings (SSSR count). The fraction of sp³-hybridized carbons (Fsp3) is 0.750. The minimum Gasteiger partial charge on any atom is -0.376 e. The molecule has 1 fully saturated rings. The zero-order valence-corrected chi connectivity index (χ0v) is 10.2. The zero-order chi connectivity index (χ0) is 11.4. The molecule has 1 aliphatic rings. The van der Waals surface area contributed by atoms with Gasteiger partial charge in [-0.3, -0.25) is 0 Å². The summed E-state index contributed by atoms with van der Waals surface area (Å²) in [7, 11) is 0. The van der Waals surface area contributed by atoms with Gasteiger partial charge < -0.3 is 14.6 Å². The van der Waals surface area contributed by atoms with Crippen LogP contribution in [0, 0.1) is 6.92 Å². The van der Waals surface area contributed by atoms with Crippen LogP contribution in [0.4, 0.5) is 5.95 Å². The third-order valence-electron chi connectivity index (χ3n) is 2.87. The average Bonchev–Trinajstić information content (AvgIpc) is 2.86. The van der Waals surface area contributed by atoms with Crippen molar-refractivity contribution < 1.29 is 4.74 Å². The molecule has 0 aliphatic carbocycles. The molecule has 90 valence electrons. The molecule has 4 heteroatoms. The summed E-state index contributed by atoms with van der Waals surface area (Å²) in [5.74, 6) is 0.981. The number of ether oxygens (including phenoxy) is 1. The van der Waals surface area contributed by atoms with Gasteiger partial charge in [0.2, 0.25) is 5.95 Å². The number of aromatic nitrogens is 2. The molecule has 1 atom stereocenters. The van der Waals surface area contributed by atoms with Gasteiger partial charge in [-0.1, -0.05) is 6.92 Å². The van der Waals surface area contributed by atoms with E-state index in [9.17, 15) is 0 Å². The van der Waals surface area contributed by atoms with Crippen LogP contribution in [-0.4, -0.2) is 28.8 Å². The van der Waals surface area contributed by atoms with Crippen LogP contribution in [0.2, 0.25) is 0 Å². The van der Waals surface area contributed by atoms with E-state index in [4.69, 9.17) is 4.74 Å². The number of hydrogen-bond donors (Lipinski definition) is 1. The predicted molar refractivity (Wildman–Crippen MR) is 64.7 cm³/mol. The quantitative estimate of drug-likeness (QED) is 0.831. The Morgan fingerprint density at radius 3 is 3.19 bits per heavy atom. The van der Waals surface area contributed by atoms with Crippen molar-refractivity contribution in [3.05, 3.63) is 11.9 Å². The molecular formula is C12H21N3O. The number of imidazole rings is 1. The molecule has 2 heterocycles. The lowest BCUT2D eigenvalue weighted by Crippen LogP contribution is -2.20. The maximum absolute atomic E-state index is 5.58. The van der Waals surface area contributed by atoms with E-state index >= 15 is 0 Å². The van der Waals surface area contributed by atoms with Gasteiger partial charge in [0.1, 0.15) is 0 Å². The molecule has 1 unspecified atom stereocenters. The number of aryl methyl sites for hydroxylation is 2. The van der Waals surface area contributed by atoms with Crippen LogP contribution >= 0.6 is 0 Å². The second kappa shape index (κ2) is 5.34. The molecule has 1 N–H and O–H groups in total. The molecule has 1 aliphatic heterocycles. The Labute approximate surface area is 97.0 Å². The number of hydrogen-bond acceptors (Lipinski definition) is 3. The van der Waals surface area contributed by atoms with Crippen LogP contribution in [0.3, 0.4) is 0 Å². The van der Waals surface area contributed by atoms with Crippen molar-refractivity contribution in [3.8, 4) is 0 Å². The van der Waals surface area contributed by atoms with Crippen LogP contribution in [-0.2, 0) is 11.3 Å². The summed E-state index contributed by atoms with van der Waals surface area (Å²) in [6, 6.07) is 0. The van der Waals surface area contributed by atoms with Gasteiger partial charge in [0.05, 0.1) is 11.8 Å². The van der Waals surface area contributed by atoms with E-state index in [1.165, 1.54) is 12.8 Å². The fourth-order valence-electron chi connectivity index (χ4n) is 2.11. The third-order valence-corrected chi connectivity index (χ3v) is 2.87. The maximum atomic E-state index is 5.58. The van der Waals surface area contributed by atoms with E-state index in [2.05, 4.69) is 28.0 Å². The summed E-state index contributed by atoms with van der Waals surface area (Å²) in [4.78, 5) is 4.49. The van der Waals surface area contributed by atoms with Gasteiger partial charge in [-0.25, -0.2) is 4.98 Å². The van der Waals surface area contributed by atoms with E-state index < -0.39 is 0 Å². The first-order valence-corrected chi connectivity index (χ1v) is 6.19. The summed E-state index contributed by atoms with van der Waals surface area (Å²) in [6.07, 6.45) is 5.95. The highest BCUT2D eigenvalue weighted by Crippen LogP contribution is 2.14. The SMILES string of the molecule is CCCn1cc(C)nc1NCC1CCCO1. The van der Waals surface area contributed by atoms with Crippen molar-refractivity contribution in [1.29, 1.82) is 0 Å². The Morgan fingerprint density at radius 1 is 1.62 bits per heavy atom. The van der Waals surface area contributed by atoms with Crippen molar-refractivity contribution in [2.45, 2.75) is 45.8 Å². The Balaban J connectivity index is 1.91. The van der Waals surface area contributed by atoms with Crippen molar-refractivity contribution in [2.75, 3.05) is 18.5 Å². The predicted octanol–water partition coefficient (Wildman–Crippen LogP) is 2.19. The Bertz CT molecular complexity index is 329. The third kappa shape index (κ3) is 2.76. The minimum atomic E-state index is 0.368. The molecule has 16 heavy (non-hydrogen) atoms. The first-order valence-electron chi connectivity index (χ1n) is 6.19. The normalized spacial score (nSPS) is 20.2. The maximum Gasteiger partial charge on any atom is 0.203 e. The number of nitrogens with one attached hydrogen (secondary N) is 1. The van der Waals surface area contributed by atoms with Crippen molar-refractivity contribution >= 4 is 5.95 Å². The summed E-state index contributed by atoms with van der Waals surface area (Å²) < 4.78 is 7.77. The average molecular weight is 223 g/mol. The fourth-order valence-corrected chi connectivity index (χ4v) is 2.11. The Morgan fingerprint density at radius 2 is 2.50 bits per heavy atom. The van der Waals surface area contributed by atoms with E-state index in [0.29, 0.717) is 6.10 Å². The molecular weight excluding hydrogens is 202 g/mol. The van der Waals surface area contributed by atoms with Gasteiger partial charge in [-0.2, -0.15) is 0 Å². The van der Waals surface area contributed by atoms with Crippen molar-refractivity contribution in [2.24, 2.45) is 0 Å². The highest BCUT2D eigenvalue weighted by atomic mass is 16.5. The zero-order valence-electron chi connectivity index (χ0n) is 10.2. The minimum absolute atomic E-state index is 0.368. The Kier molecular flexibility index (Phi) is 3.83. The lowest BCUT2D eigenvalue weighted by Gasteiger charge is -2.12. The monoisotopic (exact) mass is 223 g/mol. The van der Waals surface area contributed by atoms with Crippen LogP contribution < -0.4 is 5.32 Å². The molecule has 1 aromatic rings. The number of anilines is 1. The van der Waals surface area contributed by atoms with Gasteiger partial charge in [0, 0.05) is 25.9 Å². The molecule has 0 amide bonds. The number of nitrogens with zero attached hydrogens (tertiary/aromatic N) is 2. The molecule has 0 radical (unpaired) electrons. The molecule has 0 spiro atoms. The van der Waals surface area contributed by atoms with Crippen LogP contribution in [0.5, 0.6) is 0 Å². The second-order valence-corrected chi connectivity index (χ2v) is 4.42. The first kappa shape index (κ1) is 11.5. The van der Waals surface area contributed by atoms with Crippen LogP contribution in [0.25, 0.3) is 0 Å². The molecule has 0 saturated carbocycles. The standard InChI is InChI=1S/C12H21N3O/c1-3-6-15-9-10(2)14-12(15)13-8-11-5-4-7-16-11/h9,11H,3-8H2,1-2H3,(H,13,14). The summed E-state index contributed by atoms with van der Waals surface area (Å²) in [5.41, 5.74) is 1.07. The van der Waals surface area contributed by atoms with E-state index in [0.717, 1.165) is 37.8 Å². The number of rotatable bonds is 5. The molecule has 0 bridgehead atoms. The molecule has 1 saturated heterocycles. The topological polar surface area (TPSA) is 39.1 Å². The second-order valence-electron chi connectivity index (χ2n) is 4.42. The van der Waals surface area contributed by atoms with Gasteiger partial charge in [-0.05, 0) is 26.2 Å². The van der Waals surface area contributed by atoms with E-state index in [1.54, 1.807) is 0 Å². The van der Waals surface area contributed by atoms with Crippen molar-refractivity contribution in [1.82, 2.24) is 9.55 Å². The van der Waals surface area contributed by atoms with Crippen molar-refractivity contribution in [3.63, 3.8) is 0 Å². The summed E-state index contributed by atoms with van der Waals surface area (Å²) in [6.45, 7) is 7.02. The molecule has 4 nitrogen and oxygen atoms in total. The lowest BCUT2D eigenvalue weighted by atomic mass is 10.2. The summed E-state index contributed by atoms with van der Waals surface area (Å²) in [5, 5.41) is 3.39. The van der Waals surface area contributed by atoms with Crippen LogP contribution in [0.15, 0.2) is 6.20 Å². The first-order chi connectivity index (χ1) is 7.79. The molecule has 1 aromatic heterocycles.